The minimum Gasteiger partial charge on any atom is -0.384 e. The lowest BCUT2D eigenvalue weighted by Gasteiger charge is -2.22. The molecule has 1 aromatic carbocycles. The van der Waals surface area contributed by atoms with Crippen molar-refractivity contribution in [1.82, 2.24) is 10.2 Å². The number of hydrogen-bond acceptors (Lipinski definition) is 4. The van der Waals surface area contributed by atoms with E-state index in [2.05, 4.69) is 35.3 Å². The number of aromatic nitrogens is 2. The van der Waals surface area contributed by atoms with Crippen molar-refractivity contribution in [2.45, 2.75) is 27.3 Å². The Labute approximate surface area is 125 Å². The number of hydrogen-bond donors (Lipinski definition) is 2. The van der Waals surface area contributed by atoms with Gasteiger partial charge in [0, 0.05) is 13.6 Å². The van der Waals surface area contributed by atoms with Crippen molar-refractivity contribution < 1.29 is 0 Å². The second-order valence-corrected chi connectivity index (χ2v) is 5.37. The summed E-state index contributed by atoms with van der Waals surface area (Å²) >= 11 is 0. The zero-order valence-electron chi connectivity index (χ0n) is 12.9. The van der Waals surface area contributed by atoms with Crippen LogP contribution in [0.25, 0.3) is 0 Å². The van der Waals surface area contributed by atoms with E-state index < -0.39 is 0 Å². The van der Waals surface area contributed by atoms with Crippen LogP contribution in [0.1, 0.15) is 27.9 Å². The van der Waals surface area contributed by atoms with Gasteiger partial charge in [0.2, 0.25) is 0 Å². The minimum atomic E-state index is 0.0246. The van der Waals surface area contributed by atoms with E-state index in [1.807, 2.05) is 31.9 Å². The Kier molecular flexibility index (Phi) is 4.21. The number of nitrogens with one attached hydrogen (secondary N) is 1. The molecule has 0 radical (unpaired) electrons. The molecule has 0 aliphatic rings. The summed E-state index contributed by atoms with van der Waals surface area (Å²) < 4.78 is 0. The molecule has 0 aliphatic heterocycles. The normalized spacial score (nSPS) is 10.5. The number of aryl methyl sites for hydroxylation is 2. The Balaban J connectivity index is 2.37. The number of nitrogen functional groups attached to an aromatic ring is 1. The van der Waals surface area contributed by atoms with E-state index in [1.165, 1.54) is 11.1 Å². The summed E-state index contributed by atoms with van der Waals surface area (Å²) in [5.41, 5.74) is 10.5. The Morgan fingerprint density at radius 3 is 2.57 bits per heavy atom. The van der Waals surface area contributed by atoms with Crippen LogP contribution in [0.4, 0.5) is 5.82 Å². The first-order valence-electron chi connectivity index (χ1n) is 6.85. The monoisotopic (exact) mass is 283 g/mol. The highest BCUT2D eigenvalue weighted by atomic mass is 15.2. The summed E-state index contributed by atoms with van der Waals surface area (Å²) in [4.78, 5) is 1.98. The molecule has 0 spiro atoms. The van der Waals surface area contributed by atoms with Crippen molar-refractivity contribution in [1.29, 1.82) is 5.41 Å². The van der Waals surface area contributed by atoms with Gasteiger partial charge in [-0.25, -0.2) is 0 Å². The van der Waals surface area contributed by atoms with E-state index in [1.54, 1.807) is 0 Å². The fourth-order valence-electron chi connectivity index (χ4n) is 2.34. The largest absolute Gasteiger partial charge is 0.384 e. The van der Waals surface area contributed by atoms with Gasteiger partial charge in [-0.3, -0.25) is 5.41 Å². The van der Waals surface area contributed by atoms with Crippen LogP contribution in [0.15, 0.2) is 24.3 Å². The van der Waals surface area contributed by atoms with Crippen molar-refractivity contribution >= 4 is 11.7 Å². The summed E-state index contributed by atoms with van der Waals surface area (Å²) in [6.07, 6.45) is 0. The fourth-order valence-corrected chi connectivity index (χ4v) is 2.34. The zero-order chi connectivity index (χ0) is 15.6. The van der Waals surface area contributed by atoms with Crippen LogP contribution in [0.3, 0.4) is 0 Å². The summed E-state index contributed by atoms with van der Waals surface area (Å²) in [5.74, 6) is 0.670. The molecular formula is C16H21N5. The molecule has 0 amide bonds. The van der Waals surface area contributed by atoms with Crippen LogP contribution in [0, 0.1) is 26.2 Å². The van der Waals surface area contributed by atoms with Gasteiger partial charge in [-0.1, -0.05) is 29.8 Å². The quantitative estimate of drug-likeness (QED) is 0.666. The minimum absolute atomic E-state index is 0.0246. The lowest BCUT2D eigenvalue weighted by Crippen LogP contribution is -2.25. The van der Waals surface area contributed by atoms with Crippen LogP contribution >= 0.6 is 0 Å². The van der Waals surface area contributed by atoms with Gasteiger partial charge in [0.05, 0.1) is 11.3 Å². The molecule has 0 saturated heterocycles. The molecule has 5 heteroatoms. The van der Waals surface area contributed by atoms with Crippen LogP contribution in [-0.2, 0) is 6.54 Å². The second kappa shape index (κ2) is 5.91. The van der Waals surface area contributed by atoms with Gasteiger partial charge >= 0.3 is 0 Å². The van der Waals surface area contributed by atoms with Gasteiger partial charge in [0.25, 0.3) is 0 Å². The standard InChI is InChI=1S/C16H21N5/c1-10-6-5-7-13(8-10)9-21(4)16-14(15(17)18)11(2)12(3)19-20-16/h5-8H,9H2,1-4H3,(H3,17,18). The average molecular weight is 283 g/mol. The number of nitrogens with zero attached hydrogens (tertiary/aromatic N) is 3. The van der Waals surface area contributed by atoms with E-state index in [0.717, 1.165) is 11.3 Å². The molecule has 0 fully saturated rings. The van der Waals surface area contributed by atoms with E-state index in [0.29, 0.717) is 17.9 Å². The maximum atomic E-state index is 7.80. The lowest BCUT2D eigenvalue weighted by molar-refractivity contribution is 0.846. The molecule has 110 valence electrons. The van der Waals surface area contributed by atoms with Gasteiger partial charge in [-0.15, -0.1) is 5.10 Å². The summed E-state index contributed by atoms with van der Waals surface area (Å²) in [5, 5.41) is 16.2. The number of nitrogens with two attached hydrogens (primary N) is 1. The smallest absolute Gasteiger partial charge is 0.162 e. The van der Waals surface area contributed by atoms with E-state index >= 15 is 0 Å². The van der Waals surface area contributed by atoms with Gasteiger partial charge in [-0.2, -0.15) is 5.10 Å². The fraction of sp³-hybridized carbons (Fsp3) is 0.312. The number of amidine groups is 1. The van der Waals surface area contributed by atoms with Crippen molar-refractivity contribution in [3.63, 3.8) is 0 Å². The third kappa shape index (κ3) is 3.18. The van der Waals surface area contributed by atoms with Gasteiger partial charge < -0.3 is 10.6 Å². The number of rotatable bonds is 4. The first-order chi connectivity index (χ1) is 9.90. The maximum Gasteiger partial charge on any atom is 0.162 e. The number of anilines is 1. The van der Waals surface area contributed by atoms with E-state index in [4.69, 9.17) is 11.1 Å². The summed E-state index contributed by atoms with van der Waals surface area (Å²) in [6.45, 7) is 6.56. The SMILES string of the molecule is Cc1cccc(CN(C)c2nnc(C)c(C)c2C(=N)N)c1. The number of benzene rings is 1. The maximum absolute atomic E-state index is 7.80. The molecule has 0 unspecified atom stereocenters. The topological polar surface area (TPSA) is 78.9 Å². The average Bonchev–Trinajstić information content (AvgIpc) is 2.41. The third-order valence-corrected chi connectivity index (χ3v) is 3.57. The van der Waals surface area contributed by atoms with Gasteiger partial charge in [0.1, 0.15) is 5.84 Å². The highest BCUT2D eigenvalue weighted by Gasteiger charge is 2.17. The molecule has 0 saturated carbocycles. The van der Waals surface area contributed by atoms with Crippen LogP contribution in [0.5, 0.6) is 0 Å². The van der Waals surface area contributed by atoms with E-state index in [-0.39, 0.29) is 5.84 Å². The first kappa shape index (κ1) is 15.0. The van der Waals surface area contributed by atoms with Gasteiger partial charge in [0.15, 0.2) is 5.82 Å². The Morgan fingerprint density at radius 1 is 1.24 bits per heavy atom. The summed E-state index contributed by atoms with van der Waals surface area (Å²) in [7, 11) is 1.94. The van der Waals surface area contributed by atoms with Crippen molar-refractivity contribution in [2.24, 2.45) is 5.73 Å². The molecule has 2 aromatic rings. The zero-order valence-corrected chi connectivity index (χ0v) is 12.9. The van der Waals surface area contributed by atoms with Crippen LogP contribution < -0.4 is 10.6 Å². The molecule has 0 atom stereocenters. The van der Waals surface area contributed by atoms with Crippen LogP contribution in [-0.4, -0.2) is 23.1 Å². The lowest BCUT2D eigenvalue weighted by atomic mass is 10.1. The van der Waals surface area contributed by atoms with E-state index in [9.17, 15) is 0 Å². The Hall–Kier alpha value is -2.43. The molecule has 1 aromatic heterocycles. The summed E-state index contributed by atoms with van der Waals surface area (Å²) in [6, 6.07) is 8.32. The highest BCUT2D eigenvalue weighted by molar-refractivity contribution is 6.01. The molecule has 5 nitrogen and oxygen atoms in total. The molecule has 21 heavy (non-hydrogen) atoms. The molecule has 0 bridgehead atoms. The Morgan fingerprint density at radius 2 is 1.95 bits per heavy atom. The van der Waals surface area contributed by atoms with Gasteiger partial charge in [-0.05, 0) is 31.9 Å². The predicted molar refractivity (Wildman–Crippen MR) is 85.8 cm³/mol. The molecule has 2 rings (SSSR count). The van der Waals surface area contributed by atoms with Crippen LogP contribution in [0.2, 0.25) is 0 Å². The predicted octanol–water partition coefficient (Wildman–Crippen LogP) is 2.32. The Bertz CT molecular complexity index is 678. The molecule has 3 N–H and O–H groups in total. The molecular weight excluding hydrogens is 262 g/mol. The molecule has 0 aliphatic carbocycles. The third-order valence-electron chi connectivity index (χ3n) is 3.57. The highest BCUT2D eigenvalue weighted by Crippen LogP contribution is 2.22. The van der Waals surface area contributed by atoms with Crippen molar-refractivity contribution in [3.05, 3.63) is 52.2 Å². The molecule has 1 heterocycles. The first-order valence-corrected chi connectivity index (χ1v) is 6.85. The second-order valence-electron chi connectivity index (χ2n) is 5.37. The van der Waals surface area contributed by atoms with Crippen molar-refractivity contribution in [2.75, 3.05) is 11.9 Å². The van der Waals surface area contributed by atoms with Crippen molar-refractivity contribution in [3.8, 4) is 0 Å².